The molecular weight excluding hydrogens is 232 g/mol. The van der Waals surface area contributed by atoms with Gasteiger partial charge >= 0.3 is 0 Å². The van der Waals surface area contributed by atoms with Crippen molar-refractivity contribution in [2.24, 2.45) is 5.73 Å². The number of carbonyl (C=O) groups is 1. The molecule has 98 valence electrons. The molecule has 1 aromatic rings. The Morgan fingerprint density at radius 2 is 2.28 bits per heavy atom. The number of rotatable bonds is 6. The minimum atomic E-state index is -0.212. The molecular formula is C13H18N2O3. The van der Waals surface area contributed by atoms with Gasteiger partial charge in [0.05, 0.1) is 13.2 Å². The molecule has 1 aromatic carbocycles. The Bertz CT molecular complexity index is 409. The van der Waals surface area contributed by atoms with Crippen LogP contribution in [-0.2, 0) is 9.53 Å². The summed E-state index contributed by atoms with van der Waals surface area (Å²) in [5.41, 5.74) is 6.25. The predicted octanol–water partition coefficient (Wildman–Crippen LogP) is 0.254. The number of carbonyl (C=O) groups excluding carboxylic acids is 1. The number of fused-ring (bicyclic) bond motifs is 1. The van der Waals surface area contributed by atoms with E-state index in [0.29, 0.717) is 32.9 Å². The van der Waals surface area contributed by atoms with Crippen molar-refractivity contribution in [3.8, 4) is 5.75 Å². The van der Waals surface area contributed by atoms with Crippen LogP contribution in [0.15, 0.2) is 24.3 Å². The van der Waals surface area contributed by atoms with Gasteiger partial charge in [0.2, 0.25) is 5.91 Å². The molecule has 1 unspecified atom stereocenters. The molecule has 1 aliphatic heterocycles. The summed E-state index contributed by atoms with van der Waals surface area (Å²) in [7, 11) is 0. The molecule has 0 spiro atoms. The highest BCUT2D eigenvalue weighted by atomic mass is 16.5. The van der Waals surface area contributed by atoms with Crippen LogP contribution in [0.1, 0.15) is 11.5 Å². The molecule has 0 saturated carbocycles. The Hall–Kier alpha value is -1.59. The van der Waals surface area contributed by atoms with Crippen molar-refractivity contribution in [1.29, 1.82) is 0 Å². The first kappa shape index (κ1) is 12.9. The smallest absolute Gasteiger partial charge is 0.231 e. The van der Waals surface area contributed by atoms with Crippen molar-refractivity contribution in [2.75, 3.05) is 32.9 Å². The van der Waals surface area contributed by atoms with Crippen LogP contribution in [0, 0.1) is 0 Å². The first-order valence-electron chi connectivity index (χ1n) is 6.10. The van der Waals surface area contributed by atoms with Gasteiger partial charge in [-0.2, -0.15) is 0 Å². The van der Waals surface area contributed by atoms with Gasteiger partial charge < -0.3 is 20.5 Å². The van der Waals surface area contributed by atoms with Crippen LogP contribution in [0.4, 0.5) is 0 Å². The van der Waals surface area contributed by atoms with Crippen LogP contribution < -0.4 is 15.8 Å². The zero-order chi connectivity index (χ0) is 12.8. The van der Waals surface area contributed by atoms with Gasteiger partial charge in [0, 0.05) is 18.7 Å². The van der Waals surface area contributed by atoms with Crippen molar-refractivity contribution in [1.82, 2.24) is 5.32 Å². The third-order valence-electron chi connectivity index (χ3n) is 2.82. The summed E-state index contributed by atoms with van der Waals surface area (Å²) < 4.78 is 10.7. The van der Waals surface area contributed by atoms with E-state index >= 15 is 0 Å². The number of para-hydroxylation sites is 1. The molecule has 0 fully saturated rings. The highest BCUT2D eigenvalue weighted by Crippen LogP contribution is 2.33. The predicted molar refractivity (Wildman–Crippen MR) is 67.6 cm³/mol. The van der Waals surface area contributed by atoms with Gasteiger partial charge in [0.15, 0.2) is 0 Å². The van der Waals surface area contributed by atoms with Crippen LogP contribution in [0.3, 0.4) is 0 Å². The lowest BCUT2D eigenvalue weighted by atomic mass is 10.0. The number of nitrogens with one attached hydrogen (secondary N) is 1. The summed E-state index contributed by atoms with van der Waals surface area (Å²) in [6.07, 6.45) is 0. The van der Waals surface area contributed by atoms with Gasteiger partial charge in [0.25, 0.3) is 0 Å². The molecule has 2 rings (SSSR count). The average molecular weight is 250 g/mol. The van der Waals surface area contributed by atoms with E-state index in [-0.39, 0.29) is 11.8 Å². The molecule has 18 heavy (non-hydrogen) atoms. The molecule has 5 nitrogen and oxygen atoms in total. The lowest BCUT2D eigenvalue weighted by molar-refractivity contribution is -0.123. The molecule has 1 atom stereocenters. The summed E-state index contributed by atoms with van der Waals surface area (Å²) in [4.78, 5) is 12.0. The fraction of sp³-hybridized carbons (Fsp3) is 0.462. The monoisotopic (exact) mass is 250 g/mol. The quantitative estimate of drug-likeness (QED) is 0.710. The Balaban J connectivity index is 1.80. The number of nitrogens with two attached hydrogens (primary N) is 1. The van der Waals surface area contributed by atoms with Gasteiger partial charge in [-0.15, -0.1) is 0 Å². The van der Waals surface area contributed by atoms with E-state index in [0.717, 1.165) is 11.3 Å². The molecule has 0 radical (unpaired) electrons. The highest BCUT2D eigenvalue weighted by molar-refractivity contribution is 5.85. The Morgan fingerprint density at radius 1 is 1.44 bits per heavy atom. The van der Waals surface area contributed by atoms with Crippen LogP contribution >= 0.6 is 0 Å². The third-order valence-corrected chi connectivity index (χ3v) is 2.82. The highest BCUT2D eigenvalue weighted by Gasteiger charge is 2.29. The molecule has 0 aliphatic carbocycles. The van der Waals surface area contributed by atoms with Crippen molar-refractivity contribution in [3.05, 3.63) is 29.8 Å². The molecule has 3 N–H and O–H groups in total. The maximum absolute atomic E-state index is 12.0. The molecule has 1 aliphatic rings. The van der Waals surface area contributed by atoms with E-state index in [9.17, 15) is 4.79 Å². The van der Waals surface area contributed by atoms with E-state index in [1.54, 1.807) is 0 Å². The molecule has 1 amide bonds. The van der Waals surface area contributed by atoms with Gasteiger partial charge in [-0.25, -0.2) is 0 Å². The van der Waals surface area contributed by atoms with Gasteiger partial charge in [-0.05, 0) is 6.07 Å². The molecule has 1 heterocycles. The second-order valence-corrected chi connectivity index (χ2v) is 4.09. The van der Waals surface area contributed by atoms with Gasteiger partial charge in [0.1, 0.15) is 18.3 Å². The Kier molecular flexibility index (Phi) is 4.55. The summed E-state index contributed by atoms with van der Waals surface area (Å²) in [5.74, 6) is 0.573. The van der Waals surface area contributed by atoms with Crippen LogP contribution in [-0.4, -0.2) is 38.8 Å². The molecule has 0 bridgehead atoms. The van der Waals surface area contributed by atoms with E-state index in [1.807, 2.05) is 24.3 Å². The van der Waals surface area contributed by atoms with Crippen LogP contribution in [0.5, 0.6) is 5.75 Å². The SMILES string of the molecule is NCCOCCNC(=O)C1COc2ccccc21. The Morgan fingerprint density at radius 3 is 3.11 bits per heavy atom. The Labute approximate surface area is 106 Å². The second-order valence-electron chi connectivity index (χ2n) is 4.09. The van der Waals surface area contributed by atoms with E-state index in [2.05, 4.69) is 5.32 Å². The zero-order valence-corrected chi connectivity index (χ0v) is 10.2. The van der Waals surface area contributed by atoms with Crippen molar-refractivity contribution in [2.45, 2.75) is 5.92 Å². The standard InChI is InChI=1S/C13H18N2O3/c14-5-7-17-8-6-15-13(16)11-9-18-12-4-2-1-3-10(11)12/h1-4,11H,5-9,14H2,(H,15,16). The minimum absolute atomic E-state index is 0.0173. The van der Waals surface area contributed by atoms with Crippen molar-refractivity contribution < 1.29 is 14.3 Å². The third kappa shape index (κ3) is 3.00. The maximum Gasteiger partial charge on any atom is 0.231 e. The topological polar surface area (TPSA) is 73.6 Å². The normalized spacial score (nSPS) is 17.1. The lowest BCUT2D eigenvalue weighted by Gasteiger charge is -2.10. The maximum atomic E-state index is 12.0. The summed E-state index contributed by atoms with van der Waals surface area (Å²) in [6, 6.07) is 7.63. The molecule has 5 heteroatoms. The van der Waals surface area contributed by atoms with Crippen molar-refractivity contribution in [3.63, 3.8) is 0 Å². The van der Waals surface area contributed by atoms with E-state index in [1.165, 1.54) is 0 Å². The van der Waals surface area contributed by atoms with Crippen molar-refractivity contribution >= 4 is 5.91 Å². The summed E-state index contributed by atoms with van der Waals surface area (Å²) >= 11 is 0. The van der Waals surface area contributed by atoms with E-state index in [4.69, 9.17) is 15.2 Å². The lowest BCUT2D eigenvalue weighted by Crippen LogP contribution is -2.33. The largest absolute Gasteiger partial charge is 0.492 e. The van der Waals surface area contributed by atoms with E-state index < -0.39 is 0 Å². The zero-order valence-electron chi connectivity index (χ0n) is 10.2. The number of benzene rings is 1. The number of hydrogen-bond acceptors (Lipinski definition) is 4. The molecule has 0 aromatic heterocycles. The van der Waals surface area contributed by atoms with Gasteiger partial charge in [-0.3, -0.25) is 4.79 Å². The fourth-order valence-electron chi connectivity index (χ4n) is 1.93. The average Bonchev–Trinajstić information content (AvgIpc) is 2.82. The second kappa shape index (κ2) is 6.37. The fourth-order valence-corrected chi connectivity index (χ4v) is 1.93. The number of amides is 1. The van der Waals surface area contributed by atoms with Crippen LogP contribution in [0.25, 0.3) is 0 Å². The van der Waals surface area contributed by atoms with Crippen LogP contribution in [0.2, 0.25) is 0 Å². The summed E-state index contributed by atoms with van der Waals surface area (Å²) in [5, 5.41) is 2.84. The summed E-state index contributed by atoms with van der Waals surface area (Å²) in [6.45, 7) is 2.41. The molecule has 0 saturated heterocycles. The minimum Gasteiger partial charge on any atom is -0.492 e. The number of hydrogen-bond donors (Lipinski definition) is 2. The first-order chi connectivity index (χ1) is 8.83. The first-order valence-corrected chi connectivity index (χ1v) is 6.10. The van der Waals surface area contributed by atoms with Gasteiger partial charge in [-0.1, -0.05) is 18.2 Å². The number of ether oxygens (including phenoxy) is 2.